The Morgan fingerprint density at radius 3 is 2.55 bits per heavy atom. The van der Waals surface area contributed by atoms with Crippen LogP contribution in [0.1, 0.15) is 24.6 Å². The molecule has 0 spiro atoms. The maximum absolute atomic E-state index is 12.5. The first-order valence-electron chi connectivity index (χ1n) is 7.33. The van der Waals surface area contributed by atoms with Gasteiger partial charge >= 0.3 is 11.7 Å². The van der Waals surface area contributed by atoms with Gasteiger partial charge < -0.3 is 9.80 Å². The molecule has 2 aliphatic rings. The van der Waals surface area contributed by atoms with E-state index >= 15 is 0 Å². The van der Waals surface area contributed by atoms with Crippen molar-refractivity contribution in [2.45, 2.75) is 18.8 Å². The lowest BCUT2D eigenvalue weighted by atomic mass is 9.97. The van der Waals surface area contributed by atoms with Gasteiger partial charge in [0.25, 0.3) is 0 Å². The van der Waals surface area contributed by atoms with E-state index in [-0.39, 0.29) is 42.2 Å². The molecule has 0 bridgehead atoms. The lowest BCUT2D eigenvalue weighted by Gasteiger charge is -2.37. The number of hydrogen-bond acceptors (Lipinski definition) is 5. The third-order valence-corrected chi connectivity index (χ3v) is 5.82. The maximum Gasteiger partial charge on any atom is 0.340 e. The van der Waals surface area contributed by atoms with Crippen molar-refractivity contribution in [1.82, 2.24) is 25.0 Å². The third kappa shape index (κ3) is 3.16. The number of nitrogens with zero attached hydrogens (tertiary/aromatic N) is 3. The number of likely N-dealkylation sites (tertiary alicyclic amines) is 1. The highest BCUT2D eigenvalue weighted by Crippen LogP contribution is 2.24. The van der Waals surface area contributed by atoms with Gasteiger partial charge in [0.15, 0.2) is 9.84 Å². The SMILES string of the molecule is O=C(N1CCS(=O)(=O)CC1)N1CCCC(c2n[nH]c(=O)[nH]2)C1. The Bertz CT molecular complexity index is 695. The molecule has 2 fully saturated rings. The van der Waals surface area contributed by atoms with Crippen LogP contribution in [-0.2, 0) is 9.84 Å². The summed E-state index contributed by atoms with van der Waals surface area (Å²) in [5.41, 5.74) is -0.348. The molecular formula is C12H19N5O4S. The second kappa shape index (κ2) is 5.75. The molecule has 1 aromatic rings. The fourth-order valence-corrected chi connectivity index (χ4v) is 4.16. The second-order valence-electron chi connectivity index (χ2n) is 5.77. The molecule has 1 unspecified atom stereocenters. The Labute approximate surface area is 127 Å². The van der Waals surface area contributed by atoms with Crippen LogP contribution >= 0.6 is 0 Å². The summed E-state index contributed by atoms with van der Waals surface area (Å²) < 4.78 is 22.9. The van der Waals surface area contributed by atoms with Crippen molar-refractivity contribution in [3.63, 3.8) is 0 Å². The molecule has 1 atom stereocenters. The molecular weight excluding hydrogens is 310 g/mol. The van der Waals surface area contributed by atoms with Crippen molar-refractivity contribution < 1.29 is 13.2 Å². The largest absolute Gasteiger partial charge is 0.340 e. The maximum atomic E-state index is 12.5. The molecule has 2 N–H and O–H groups in total. The highest BCUT2D eigenvalue weighted by atomic mass is 32.2. The van der Waals surface area contributed by atoms with E-state index in [1.807, 2.05) is 0 Å². The number of urea groups is 1. The standard InChI is InChI=1S/C12H19N5O4S/c18-11-13-10(14-15-11)9-2-1-3-17(8-9)12(19)16-4-6-22(20,21)7-5-16/h9H,1-8H2,(H2,13,14,15,18). The van der Waals surface area contributed by atoms with E-state index in [2.05, 4.69) is 15.2 Å². The minimum Gasteiger partial charge on any atom is -0.324 e. The zero-order chi connectivity index (χ0) is 15.7. The number of amides is 2. The fraction of sp³-hybridized carbons (Fsp3) is 0.750. The van der Waals surface area contributed by atoms with Crippen molar-refractivity contribution in [1.29, 1.82) is 0 Å². The Kier molecular flexibility index (Phi) is 3.94. The van der Waals surface area contributed by atoms with E-state index in [1.54, 1.807) is 9.80 Å². The number of H-pyrrole nitrogens is 2. The second-order valence-corrected chi connectivity index (χ2v) is 8.07. The first-order chi connectivity index (χ1) is 10.4. The first-order valence-corrected chi connectivity index (χ1v) is 9.15. The highest BCUT2D eigenvalue weighted by molar-refractivity contribution is 7.91. The minimum absolute atomic E-state index is 0.00479. The van der Waals surface area contributed by atoms with Crippen molar-refractivity contribution in [3.05, 3.63) is 16.3 Å². The van der Waals surface area contributed by atoms with Gasteiger partial charge in [-0.05, 0) is 12.8 Å². The summed E-state index contributed by atoms with van der Waals surface area (Å²) in [6, 6.07) is -0.127. The average Bonchev–Trinajstić information content (AvgIpc) is 2.93. The van der Waals surface area contributed by atoms with Gasteiger partial charge in [-0.2, -0.15) is 5.10 Å². The lowest BCUT2D eigenvalue weighted by Crippen LogP contribution is -2.52. The molecule has 10 heteroatoms. The molecule has 3 heterocycles. The number of aromatic amines is 2. The van der Waals surface area contributed by atoms with E-state index in [4.69, 9.17) is 0 Å². The minimum atomic E-state index is -3.00. The number of hydrogen-bond donors (Lipinski definition) is 2. The Hall–Kier alpha value is -1.84. The van der Waals surface area contributed by atoms with Crippen molar-refractivity contribution in [2.75, 3.05) is 37.7 Å². The molecule has 1 aromatic heterocycles. The molecule has 0 aliphatic carbocycles. The molecule has 0 radical (unpaired) electrons. The summed E-state index contributed by atoms with van der Waals surface area (Å²) in [4.78, 5) is 29.6. The number of aromatic nitrogens is 3. The van der Waals surface area contributed by atoms with E-state index in [9.17, 15) is 18.0 Å². The molecule has 122 valence electrons. The topological polar surface area (TPSA) is 119 Å². The van der Waals surface area contributed by atoms with Crippen LogP contribution in [0.4, 0.5) is 4.79 Å². The zero-order valence-corrected chi connectivity index (χ0v) is 12.9. The van der Waals surface area contributed by atoms with Gasteiger partial charge in [-0.1, -0.05) is 0 Å². The van der Waals surface area contributed by atoms with Gasteiger partial charge in [0.05, 0.1) is 11.5 Å². The molecule has 0 saturated carbocycles. The highest BCUT2D eigenvalue weighted by Gasteiger charge is 2.32. The molecule has 2 saturated heterocycles. The molecule has 2 amide bonds. The van der Waals surface area contributed by atoms with Crippen LogP contribution < -0.4 is 5.69 Å². The Morgan fingerprint density at radius 2 is 1.91 bits per heavy atom. The molecule has 9 nitrogen and oxygen atoms in total. The molecule has 22 heavy (non-hydrogen) atoms. The fourth-order valence-electron chi connectivity index (χ4n) is 2.95. The Morgan fingerprint density at radius 1 is 1.18 bits per heavy atom. The van der Waals surface area contributed by atoms with Crippen molar-refractivity contribution in [3.8, 4) is 0 Å². The smallest absolute Gasteiger partial charge is 0.324 e. The predicted octanol–water partition coefficient (Wildman–Crippen LogP) is -0.872. The van der Waals surface area contributed by atoms with Gasteiger partial charge in [-0.3, -0.25) is 4.98 Å². The van der Waals surface area contributed by atoms with Crippen LogP contribution in [0.15, 0.2) is 4.79 Å². The van der Waals surface area contributed by atoms with Crippen molar-refractivity contribution >= 4 is 15.9 Å². The normalized spacial score (nSPS) is 25.2. The Balaban J connectivity index is 1.64. The quantitative estimate of drug-likeness (QED) is 0.694. The van der Waals surface area contributed by atoms with E-state index in [0.29, 0.717) is 18.9 Å². The summed E-state index contributed by atoms with van der Waals surface area (Å²) in [5.74, 6) is 0.639. The lowest BCUT2D eigenvalue weighted by molar-refractivity contribution is 0.141. The summed E-state index contributed by atoms with van der Waals surface area (Å²) in [6.07, 6.45) is 1.69. The average molecular weight is 329 g/mol. The van der Waals surface area contributed by atoms with Crippen LogP contribution in [0.3, 0.4) is 0 Å². The van der Waals surface area contributed by atoms with Crippen LogP contribution in [0.25, 0.3) is 0 Å². The van der Waals surface area contributed by atoms with Crippen LogP contribution in [0.2, 0.25) is 0 Å². The van der Waals surface area contributed by atoms with Crippen LogP contribution in [-0.4, -0.2) is 77.1 Å². The van der Waals surface area contributed by atoms with Crippen LogP contribution in [0.5, 0.6) is 0 Å². The number of carbonyl (C=O) groups excluding carboxylic acids is 1. The van der Waals surface area contributed by atoms with Crippen molar-refractivity contribution in [2.24, 2.45) is 0 Å². The molecule has 2 aliphatic heterocycles. The first kappa shape index (κ1) is 15.1. The summed E-state index contributed by atoms with van der Waals surface area (Å²) in [5, 5.41) is 6.28. The molecule has 3 rings (SSSR count). The van der Waals surface area contributed by atoms with Crippen LogP contribution in [0, 0.1) is 0 Å². The van der Waals surface area contributed by atoms with Gasteiger partial charge in [0.2, 0.25) is 0 Å². The number of rotatable bonds is 1. The van der Waals surface area contributed by atoms with Gasteiger partial charge in [0, 0.05) is 32.1 Å². The summed E-state index contributed by atoms with van der Waals surface area (Å²) in [6.45, 7) is 1.64. The molecule has 0 aromatic carbocycles. The predicted molar refractivity (Wildman–Crippen MR) is 78.4 cm³/mol. The number of nitrogens with one attached hydrogen (secondary N) is 2. The number of carbonyl (C=O) groups is 1. The van der Waals surface area contributed by atoms with E-state index in [1.165, 1.54) is 0 Å². The number of sulfone groups is 1. The zero-order valence-electron chi connectivity index (χ0n) is 12.1. The third-order valence-electron chi connectivity index (χ3n) is 4.21. The number of piperidine rings is 1. The van der Waals surface area contributed by atoms with Gasteiger partial charge in [-0.15, -0.1) is 0 Å². The monoisotopic (exact) mass is 329 g/mol. The van der Waals surface area contributed by atoms with Gasteiger partial charge in [-0.25, -0.2) is 23.1 Å². The van der Waals surface area contributed by atoms with E-state index < -0.39 is 9.84 Å². The summed E-state index contributed by atoms with van der Waals surface area (Å²) in [7, 11) is -3.00. The van der Waals surface area contributed by atoms with E-state index in [0.717, 1.165) is 12.8 Å². The summed E-state index contributed by atoms with van der Waals surface area (Å²) >= 11 is 0. The van der Waals surface area contributed by atoms with Gasteiger partial charge in [0.1, 0.15) is 5.82 Å².